The number of benzene rings is 2. The van der Waals surface area contributed by atoms with Crippen LogP contribution in [0.2, 0.25) is 0 Å². The van der Waals surface area contributed by atoms with Crippen molar-refractivity contribution in [2.45, 2.75) is 12.8 Å². The summed E-state index contributed by atoms with van der Waals surface area (Å²) < 4.78 is 43.9. The zero-order chi connectivity index (χ0) is 16.4. The molecular weight excluding hydrogens is 327 g/mol. The molecule has 0 spiro atoms. The maximum Gasteiger partial charge on any atom is 0.416 e. The zero-order valence-corrected chi connectivity index (χ0v) is 12.4. The van der Waals surface area contributed by atoms with Gasteiger partial charge in [0.05, 0.1) is 21.3 Å². The van der Waals surface area contributed by atoms with E-state index in [1.807, 2.05) is 24.3 Å². The third-order valence-corrected chi connectivity index (χ3v) is 4.10. The van der Waals surface area contributed by atoms with Crippen LogP contribution < -0.4 is 0 Å². The third-order valence-electron chi connectivity index (χ3n) is 3.09. The Hall–Kier alpha value is -2.41. The smallest absolute Gasteiger partial charge is 0.416 e. The molecule has 1 aromatic heterocycles. The summed E-state index contributed by atoms with van der Waals surface area (Å²) in [6, 6.07) is 11.6. The number of carbonyl (C=O) groups excluding carboxylic acids is 1. The largest absolute Gasteiger partial charge is 0.455 e. The fourth-order valence-corrected chi connectivity index (χ4v) is 2.90. The fraction of sp³-hybridized carbons (Fsp3) is 0.125. The average Bonchev–Trinajstić information content (AvgIpc) is 2.95. The minimum absolute atomic E-state index is 0.0750. The first kappa shape index (κ1) is 15.5. The van der Waals surface area contributed by atoms with E-state index >= 15 is 0 Å². The van der Waals surface area contributed by atoms with Gasteiger partial charge in [0.2, 0.25) is 0 Å². The number of carbonyl (C=O) groups is 1. The minimum Gasteiger partial charge on any atom is -0.455 e. The van der Waals surface area contributed by atoms with Crippen LogP contribution in [0.25, 0.3) is 10.2 Å². The number of nitrogens with zero attached hydrogens (tertiary/aromatic N) is 1. The summed E-state index contributed by atoms with van der Waals surface area (Å²) in [5.74, 6) is -0.810. The number of esters is 1. The molecule has 3 rings (SSSR count). The van der Waals surface area contributed by atoms with Crippen LogP contribution in [0.3, 0.4) is 0 Å². The van der Waals surface area contributed by atoms with Crippen molar-refractivity contribution in [3.05, 3.63) is 64.7 Å². The molecular formula is C16H10F3NO2S. The molecule has 1 heterocycles. The second-order valence-electron chi connectivity index (χ2n) is 4.73. The summed E-state index contributed by atoms with van der Waals surface area (Å²) >= 11 is 1.37. The Kier molecular flexibility index (Phi) is 4.04. The van der Waals surface area contributed by atoms with Gasteiger partial charge in [0, 0.05) is 0 Å². The van der Waals surface area contributed by atoms with Crippen LogP contribution in [-0.2, 0) is 17.5 Å². The lowest BCUT2D eigenvalue weighted by molar-refractivity contribution is -0.137. The number of hydrogen-bond donors (Lipinski definition) is 0. The summed E-state index contributed by atoms with van der Waals surface area (Å²) in [6.07, 6.45) is -4.50. The fourth-order valence-electron chi connectivity index (χ4n) is 2.01. The highest BCUT2D eigenvalue weighted by molar-refractivity contribution is 7.18. The molecule has 23 heavy (non-hydrogen) atoms. The van der Waals surface area contributed by atoms with Gasteiger partial charge in [0.25, 0.3) is 0 Å². The first-order valence-corrected chi connectivity index (χ1v) is 7.44. The van der Waals surface area contributed by atoms with Gasteiger partial charge in [0.1, 0.15) is 11.6 Å². The van der Waals surface area contributed by atoms with Crippen molar-refractivity contribution in [2.24, 2.45) is 0 Å². The maximum atomic E-state index is 12.6. The second-order valence-corrected chi connectivity index (χ2v) is 5.85. The molecule has 0 aliphatic rings. The van der Waals surface area contributed by atoms with Gasteiger partial charge in [-0.2, -0.15) is 13.2 Å². The second kappa shape index (κ2) is 6.00. The standard InChI is InChI=1S/C16H10F3NO2S/c17-16(18,19)11-5-3-4-10(8-11)15(21)22-9-14-20-12-6-1-2-7-13(12)23-14/h1-8H,9H2. The Balaban J connectivity index is 1.72. The van der Waals surface area contributed by atoms with Crippen molar-refractivity contribution in [1.82, 2.24) is 4.98 Å². The Bertz CT molecular complexity index is 825. The van der Waals surface area contributed by atoms with E-state index in [1.165, 1.54) is 23.5 Å². The van der Waals surface area contributed by atoms with E-state index in [4.69, 9.17) is 4.74 Å². The summed E-state index contributed by atoms with van der Waals surface area (Å²) in [4.78, 5) is 16.2. The molecule has 3 aromatic rings. The lowest BCUT2D eigenvalue weighted by atomic mass is 10.1. The molecule has 0 aliphatic carbocycles. The van der Waals surface area contributed by atoms with Crippen LogP contribution in [0.4, 0.5) is 13.2 Å². The van der Waals surface area contributed by atoms with Gasteiger partial charge in [-0.3, -0.25) is 0 Å². The topological polar surface area (TPSA) is 39.2 Å². The van der Waals surface area contributed by atoms with Crippen LogP contribution in [0, 0.1) is 0 Å². The molecule has 0 aliphatic heterocycles. The first-order chi connectivity index (χ1) is 10.9. The molecule has 0 fully saturated rings. The van der Waals surface area contributed by atoms with Crippen LogP contribution in [0.15, 0.2) is 48.5 Å². The Morgan fingerprint density at radius 2 is 1.91 bits per heavy atom. The molecule has 0 radical (unpaired) electrons. The van der Waals surface area contributed by atoms with Gasteiger partial charge in [-0.1, -0.05) is 18.2 Å². The van der Waals surface area contributed by atoms with Crippen LogP contribution in [0.1, 0.15) is 20.9 Å². The van der Waals surface area contributed by atoms with Crippen molar-refractivity contribution in [3.63, 3.8) is 0 Å². The van der Waals surface area contributed by atoms with Gasteiger partial charge in [0.15, 0.2) is 0 Å². The number of rotatable bonds is 3. The highest BCUT2D eigenvalue weighted by atomic mass is 32.1. The first-order valence-electron chi connectivity index (χ1n) is 6.62. The summed E-state index contributed by atoms with van der Waals surface area (Å²) in [5.41, 5.74) is -0.226. The SMILES string of the molecule is O=C(OCc1nc2ccccc2s1)c1cccc(C(F)(F)F)c1. The molecule has 0 amide bonds. The minimum atomic E-state index is -4.50. The molecule has 0 bridgehead atoms. The van der Waals surface area contributed by atoms with Crippen molar-refractivity contribution in [3.8, 4) is 0 Å². The Morgan fingerprint density at radius 1 is 1.13 bits per heavy atom. The quantitative estimate of drug-likeness (QED) is 0.652. The highest BCUT2D eigenvalue weighted by Crippen LogP contribution is 2.29. The molecule has 3 nitrogen and oxygen atoms in total. The monoisotopic (exact) mass is 337 g/mol. The van der Waals surface area contributed by atoms with E-state index in [0.717, 1.165) is 22.3 Å². The molecule has 0 atom stereocenters. The number of para-hydroxylation sites is 1. The van der Waals surface area contributed by atoms with Gasteiger partial charge in [-0.05, 0) is 30.3 Å². The number of alkyl halides is 3. The van der Waals surface area contributed by atoms with Crippen molar-refractivity contribution in [2.75, 3.05) is 0 Å². The predicted octanol–water partition coefficient (Wildman–Crippen LogP) is 4.67. The Labute approximate surface area is 133 Å². The number of ether oxygens (including phenoxy) is 1. The number of aromatic nitrogens is 1. The lowest BCUT2D eigenvalue weighted by Crippen LogP contribution is -2.09. The van der Waals surface area contributed by atoms with Crippen LogP contribution in [0.5, 0.6) is 0 Å². The van der Waals surface area contributed by atoms with E-state index in [-0.39, 0.29) is 12.2 Å². The number of hydrogen-bond acceptors (Lipinski definition) is 4. The third kappa shape index (κ3) is 3.50. The highest BCUT2D eigenvalue weighted by Gasteiger charge is 2.31. The molecule has 0 saturated heterocycles. The average molecular weight is 337 g/mol. The lowest BCUT2D eigenvalue weighted by Gasteiger charge is -2.08. The molecule has 7 heteroatoms. The van der Waals surface area contributed by atoms with E-state index < -0.39 is 17.7 Å². The van der Waals surface area contributed by atoms with Gasteiger partial charge < -0.3 is 4.74 Å². The van der Waals surface area contributed by atoms with Crippen LogP contribution >= 0.6 is 11.3 Å². The van der Waals surface area contributed by atoms with Gasteiger partial charge in [-0.25, -0.2) is 9.78 Å². The van der Waals surface area contributed by atoms with Gasteiger partial charge >= 0.3 is 12.1 Å². The molecule has 118 valence electrons. The summed E-state index contributed by atoms with van der Waals surface area (Å²) in [7, 11) is 0. The van der Waals surface area contributed by atoms with E-state index in [0.29, 0.717) is 5.01 Å². The summed E-state index contributed by atoms with van der Waals surface area (Å²) in [6.45, 7) is -0.0750. The molecule has 0 unspecified atom stereocenters. The maximum absolute atomic E-state index is 12.6. The molecule has 0 saturated carbocycles. The van der Waals surface area contributed by atoms with E-state index in [1.54, 1.807) is 0 Å². The van der Waals surface area contributed by atoms with Crippen LogP contribution in [-0.4, -0.2) is 11.0 Å². The van der Waals surface area contributed by atoms with Crippen molar-refractivity contribution < 1.29 is 22.7 Å². The van der Waals surface area contributed by atoms with Crippen molar-refractivity contribution in [1.29, 1.82) is 0 Å². The summed E-state index contributed by atoms with van der Waals surface area (Å²) in [5, 5.41) is 0.589. The number of halogens is 3. The predicted molar refractivity (Wildman–Crippen MR) is 80.2 cm³/mol. The number of fused-ring (bicyclic) bond motifs is 1. The molecule has 0 N–H and O–H groups in total. The number of thiazole rings is 1. The van der Waals surface area contributed by atoms with E-state index in [9.17, 15) is 18.0 Å². The molecule has 2 aromatic carbocycles. The normalized spacial score (nSPS) is 11.6. The van der Waals surface area contributed by atoms with Gasteiger partial charge in [-0.15, -0.1) is 11.3 Å². The Morgan fingerprint density at radius 3 is 2.65 bits per heavy atom. The van der Waals surface area contributed by atoms with E-state index in [2.05, 4.69) is 4.98 Å². The zero-order valence-electron chi connectivity index (χ0n) is 11.6. The van der Waals surface area contributed by atoms with Crippen molar-refractivity contribution >= 4 is 27.5 Å².